The number of anilines is 2. The minimum Gasteiger partial charge on any atom is -0.383 e. The SMILES string of the molecule is Cc1ccc(NC(=O)c2cn[nH]c2N)c(C)c1. The van der Waals surface area contributed by atoms with E-state index in [-0.39, 0.29) is 11.7 Å². The van der Waals surface area contributed by atoms with Crippen molar-refractivity contribution in [1.82, 2.24) is 10.2 Å². The molecule has 1 amide bonds. The average molecular weight is 230 g/mol. The number of H-pyrrole nitrogens is 1. The summed E-state index contributed by atoms with van der Waals surface area (Å²) in [6.45, 7) is 3.95. The molecule has 1 heterocycles. The number of nitrogens with one attached hydrogen (secondary N) is 2. The van der Waals surface area contributed by atoms with Crippen LogP contribution < -0.4 is 11.1 Å². The second-order valence-corrected chi connectivity index (χ2v) is 3.97. The maximum atomic E-state index is 11.9. The van der Waals surface area contributed by atoms with Crippen LogP contribution in [-0.4, -0.2) is 16.1 Å². The number of amides is 1. The molecule has 0 saturated heterocycles. The molecule has 4 N–H and O–H groups in total. The van der Waals surface area contributed by atoms with Crippen LogP contribution in [0, 0.1) is 13.8 Å². The average Bonchev–Trinajstić information content (AvgIpc) is 2.68. The second-order valence-electron chi connectivity index (χ2n) is 3.97. The number of aryl methyl sites for hydroxylation is 2. The predicted molar refractivity (Wildman–Crippen MR) is 66.9 cm³/mol. The topological polar surface area (TPSA) is 83.8 Å². The molecule has 1 aromatic carbocycles. The lowest BCUT2D eigenvalue weighted by Gasteiger charge is -2.08. The van der Waals surface area contributed by atoms with Gasteiger partial charge < -0.3 is 11.1 Å². The van der Waals surface area contributed by atoms with Crippen molar-refractivity contribution in [2.45, 2.75) is 13.8 Å². The third-order valence-electron chi connectivity index (χ3n) is 2.54. The summed E-state index contributed by atoms with van der Waals surface area (Å²) in [5, 5.41) is 9.04. The largest absolute Gasteiger partial charge is 0.383 e. The molecule has 0 radical (unpaired) electrons. The van der Waals surface area contributed by atoms with Crippen molar-refractivity contribution >= 4 is 17.4 Å². The number of benzene rings is 1. The Morgan fingerprint density at radius 3 is 2.76 bits per heavy atom. The molecule has 0 saturated carbocycles. The van der Waals surface area contributed by atoms with E-state index in [0.717, 1.165) is 16.8 Å². The van der Waals surface area contributed by atoms with Gasteiger partial charge >= 0.3 is 0 Å². The molecule has 5 heteroatoms. The van der Waals surface area contributed by atoms with Crippen molar-refractivity contribution in [1.29, 1.82) is 0 Å². The Balaban J connectivity index is 2.22. The Hall–Kier alpha value is -2.30. The Bertz CT molecular complexity index is 559. The number of hydrogen-bond donors (Lipinski definition) is 3. The van der Waals surface area contributed by atoms with E-state index >= 15 is 0 Å². The summed E-state index contributed by atoms with van der Waals surface area (Å²) in [5.74, 6) is 0.00969. The number of nitrogens with two attached hydrogens (primary N) is 1. The Morgan fingerprint density at radius 1 is 1.41 bits per heavy atom. The van der Waals surface area contributed by atoms with E-state index in [9.17, 15) is 4.79 Å². The van der Waals surface area contributed by atoms with E-state index < -0.39 is 0 Å². The molecule has 0 fully saturated rings. The van der Waals surface area contributed by atoms with Crippen LogP contribution in [0.2, 0.25) is 0 Å². The van der Waals surface area contributed by atoms with Crippen LogP contribution in [-0.2, 0) is 0 Å². The van der Waals surface area contributed by atoms with E-state index in [4.69, 9.17) is 5.73 Å². The molecule has 0 unspecified atom stereocenters. The maximum absolute atomic E-state index is 11.9. The minimum absolute atomic E-state index is 0.261. The van der Waals surface area contributed by atoms with Crippen LogP contribution in [0.4, 0.5) is 11.5 Å². The molecular weight excluding hydrogens is 216 g/mol. The highest BCUT2D eigenvalue weighted by atomic mass is 16.1. The van der Waals surface area contributed by atoms with Crippen molar-refractivity contribution in [2.24, 2.45) is 0 Å². The fourth-order valence-corrected chi connectivity index (χ4v) is 1.62. The maximum Gasteiger partial charge on any atom is 0.261 e. The van der Waals surface area contributed by atoms with Gasteiger partial charge in [-0.3, -0.25) is 9.89 Å². The normalized spacial score (nSPS) is 10.2. The van der Waals surface area contributed by atoms with Gasteiger partial charge in [0.25, 0.3) is 5.91 Å². The van der Waals surface area contributed by atoms with Gasteiger partial charge in [0.05, 0.1) is 6.20 Å². The third-order valence-corrected chi connectivity index (χ3v) is 2.54. The van der Waals surface area contributed by atoms with Crippen LogP contribution in [0.15, 0.2) is 24.4 Å². The first-order valence-electron chi connectivity index (χ1n) is 5.25. The molecule has 5 nitrogen and oxygen atoms in total. The van der Waals surface area contributed by atoms with E-state index in [0.29, 0.717) is 5.56 Å². The van der Waals surface area contributed by atoms with Gasteiger partial charge in [0.1, 0.15) is 11.4 Å². The highest BCUT2D eigenvalue weighted by molar-refractivity contribution is 6.07. The van der Waals surface area contributed by atoms with Crippen molar-refractivity contribution in [3.63, 3.8) is 0 Å². The van der Waals surface area contributed by atoms with Crippen molar-refractivity contribution < 1.29 is 4.79 Å². The monoisotopic (exact) mass is 230 g/mol. The molecule has 1 aromatic heterocycles. The summed E-state index contributed by atoms with van der Waals surface area (Å²) < 4.78 is 0. The molecule has 88 valence electrons. The molecule has 2 aromatic rings. The fraction of sp³-hybridized carbons (Fsp3) is 0.167. The molecule has 2 rings (SSSR count). The first-order chi connectivity index (χ1) is 8.08. The smallest absolute Gasteiger partial charge is 0.261 e. The summed E-state index contributed by atoms with van der Waals surface area (Å²) in [6, 6.07) is 5.83. The van der Waals surface area contributed by atoms with Gasteiger partial charge in [0.2, 0.25) is 0 Å². The Labute approximate surface area is 99.0 Å². The molecular formula is C12H14N4O. The number of hydrogen-bond acceptors (Lipinski definition) is 3. The van der Waals surface area contributed by atoms with Crippen LogP contribution >= 0.6 is 0 Å². The van der Waals surface area contributed by atoms with Crippen LogP contribution in [0.1, 0.15) is 21.5 Å². The van der Waals surface area contributed by atoms with Gasteiger partial charge in [-0.15, -0.1) is 0 Å². The second kappa shape index (κ2) is 4.29. The van der Waals surface area contributed by atoms with E-state index in [2.05, 4.69) is 15.5 Å². The molecule has 0 atom stereocenters. The lowest BCUT2D eigenvalue weighted by molar-refractivity contribution is 0.102. The van der Waals surface area contributed by atoms with E-state index in [1.54, 1.807) is 0 Å². The van der Waals surface area contributed by atoms with Gasteiger partial charge in [0.15, 0.2) is 0 Å². The van der Waals surface area contributed by atoms with Crippen LogP contribution in [0.25, 0.3) is 0 Å². The third kappa shape index (κ3) is 2.28. The zero-order chi connectivity index (χ0) is 12.4. The number of rotatable bonds is 2. The van der Waals surface area contributed by atoms with Crippen molar-refractivity contribution in [2.75, 3.05) is 11.1 Å². The summed E-state index contributed by atoms with van der Waals surface area (Å²) in [7, 11) is 0. The summed E-state index contributed by atoms with van der Waals surface area (Å²) in [5.41, 5.74) is 8.88. The Kier molecular flexibility index (Phi) is 2.82. The molecule has 0 aliphatic rings. The quantitative estimate of drug-likeness (QED) is 0.736. The van der Waals surface area contributed by atoms with Crippen LogP contribution in [0.5, 0.6) is 0 Å². The summed E-state index contributed by atoms with van der Waals surface area (Å²) in [6.07, 6.45) is 1.41. The van der Waals surface area contributed by atoms with Gasteiger partial charge in [-0.05, 0) is 25.5 Å². The van der Waals surface area contributed by atoms with Gasteiger partial charge in [0, 0.05) is 5.69 Å². The molecule has 0 aliphatic carbocycles. The number of nitrogens with zero attached hydrogens (tertiary/aromatic N) is 1. The Morgan fingerprint density at radius 2 is 2.18 bits per heavy atom. The number of carbonyl (C=O) groups excluding carboxylic acids is 1. The van der Waals surface area contributed by atoms with E-state index in [1.165, 1.54) is 6.20 Å². The van der Waals surface area contributed by atoms with Crippen molar-refractivity contribution in [3.05, 3.63) is 41.1 Å². The first-order valence-corrected chi connectivity index (χ1v) is 5.25. The molecule has 0 aliphatic heterocycles. The zero-order valence-electron chi connectivity index (χ0n) is 9.74. The van der Waals surface area contributed by atoms with Gasteiger partial charge in [-0.2, -0.15) is 5.10 Å². The first kappa shape index (κ1) is 11.2. The zero-order valence-corrected chi connectivity index (χ0v) is 9.74. The molecule has 0 bridgehead atoms. The van der Waals surface area contributed by atoms with Crippen LogP contribution in [0.3, 0.4) is 0 Å². The van der Waals surface area contributed by atoms with Gasteiger partial charge in [-0.1, -0.05) is 17.7 Å². The highest BCUT2D eigenvalue weighted by Crippen LogP contribution is 2.17. The number of aromatic nitrogens is 2. The van der Waals surface area contributed by atoms with Gasteiger partial charge in [-0.25, -0.2) is 0 Å². The number of nitrogen functional groups attached to an aromatic ring is 1. The highest BCUT2D eigenvalue weighted by Gasteiger charge is 2.12. The molecule has 17 heavy (non-hydrogen) atoms. The lowest BCUT2D eigenvalue weighted by atomic mass is 10.1. The number of carbonyl (C=O) groups is 1. The minimum atomic E-state index is -0.261. The lowest BCUT2D eigenvalue weighted by Crippen LogP contribution is -2.13. The summed E-state index contributed by atoms with van der Waals surface area (Å²) in [4.78, 5) is 11.9. The summed E-state index contributed by atoms with van der Waals surface area (Å²) >= 11 is 0. The fourth-order valence-electron chi connectivity index (χ4n) is 1.62. The molecule has 0 spiro atoms. The number of aromatic amines is 1. The van der Waals surface area contributed by atoms with Crippen molar-refractivity contribution in [3.8, 4) is 0 Å². The standard InChI is InChI=1S/C12H14N4O/c1-7-3-4-10(8(2)5-7)15-12(17)9-6-14-16-11(9)13/h3-6H,1-2H3,(H,15,17)(H3,13,14,16). The predicted octanol–water partition coefficient (Wildman–Crippen LogP) is 1.86. The van der Waals surface area contributed by atoms with E-state index in [1.807, 2.05) is 32.0 Å².